The Morgan fingerprint density at radius 2 is 2.10 bits per heavy atom. The second kappa shape index (κ2) is 7.85. The molecule has 1 heterocycles. The summed E-state index contributed by atoms with van der Waals surface area (Å²) >= 11 is 0. The van der Waals surface area contributed by atoms with Gasteiger partial charge in [-0.1, -0.05) is 13.0 Å². The van der Waals surface area contributed by atoms with E-state index in [9.17, 15) is 8.78 Å². The van der Waals surface area contributed by atoms with E-state index >= 15 is 0 Å². The van der Waals surface area contributed by atoms with Crippen molar-refractivity contribution in [3.05, 3.63) is 35.4 Å². The lowest BCUT2D eigenvalue weighted by atomic mass is 10.0. The molecule has 2 unspecified atom stereocenters. The maximum absolute atomic E-state index is 13.8. The largest absolute Gasteiger partial charge is 0.307 e. The lowest BCUT2D eigenvalue weighted by molar-refractivity contribution is 0.281. The molecule has 0 radical (unpaired) electrons. The van der Waals surface area contributed by atoms with Crippen molar-refractivity contribution in [1.29, 1.82) is 0 Å². The maximum atomic E-state index is 13.8. The van der Waals surface area contributed by atoms with Crippen LogP contribution in [-0.2, 0) is 0 Å². The number of benzene rings is 1. The van der Waals surface area contributed by atoms with Crippen LogP contribution in [0.1, 0.15) is 51.1 Å². The number of hydrogen-bond acceptors (Lipinski definition) is 2. The highest BCUT2D eigenvalue weighted by atomic mass is 19.1. The topological polar surface area (TPSA) is 15.3 Å². The Bertz CT molecular complexity index is 450. The van der Waals surface area contributed by atoms with Crippen molar-refractivity contribution in [1.82, 2.24) is 10.2 Å². The van der Waals surface area contributed by atoms with Gasteiger partial charge in [-0.05, 0) is 58.3 Å². The van der Waals surface area contributed by atoms with Crippen molar-refractivity contribution in [2.24, 2.45) is 0 Å². The van der Waals surface area contributed by atoms with Gasteiger partial charge in [-0.2, -0.15) is 0 Å². The highest BCUT2D eigenvalue weighted by Gasteiger charge is 2.20. The molecule has 2 rings (SSSR count). The van der Waals surface area contributed by atoms with Crippen LogP contribution in [0.2, 0.25) is 0 Å². The van der Waals surface area contributed by atoms with Gasteiger partial charge in [0.15, 0.2) is 0 Å². The van der Waals surface area contributed by atoms with Crippen LogP contribution in [-0.4, -0.2) is 30.6 Å². The molecule has 1 fully saturated rings. The number of nitrogens with one attached hydrogen (secondary N) is 1. The molecule has 1 aromatic carbocycles. The molecule has 2 atom stereocenters. The van der Waals surface area contributed by atoms with E-state index in [-0.39, 0.29) is 6.04 Å². The summed E-state index contributed by atoms with van der Waals surface area (Å²) in [6.45, 7) is 7.58. The van der Waals surface area contributed by atoms with E-state index in [1.165, 1.54) is 18.9 Å². The van der Waals surface area contributed by atoms with E-state index in [1.807, 2.05) is 6.92 Å². The first kappa shape index (κ1) is 16.4. The summed E-state index contributed by atoms with van der Waals surface area (Å²) in [5.74, 6) is -0.982. The van der Waals surface area contributed by atoms with Gasteiger partial charge in [0.05, 0.1) is 0 Å². The molecule has 1 aliphatic rings. The van der Waals surface area contributed by atoms with Gasteiger partial charge < -0.3 is 10.2 Å². The smallest absolute Gasteiger partial charge is 0.130 e. The van der Waals surface area contributed by atoms with Crippen LogP contribution in [0, 0.1) is 11.6 Å². The summed E-state index contributed by atoms with van der Waals surface area (Å²) in [5.41, 5.74) is 0.547. The van der Waals surface area contributed by atoms with Crippen molar-refractivity contribution in [2.75, 3.05) is 19.6 Å². The van der Waals surface area contributed by atoms with Gasteiger partial charge in [-0.3, -0.25) is 0 Å². The van der Waals surface area contributed by atoms with E-state index in [0.717, 1.165) is 38.5 Å². The third kappa shape index (κ3) is 4.75. The summed E-state index contributed by atoms with van der Waals surface area (Å²) < 4.78 is 26.8. The fourth-order valence-electron chi connectivity index (χ4n) is 3.16. The van der Waals surface area contributed by atoms with Crippen molar-refractivity contribution < 1.29 is 8.78 Å². The zero-order valence-electron chi connectivity index (χ0n) is 13.0. The quantitative estimate of drug-likeness (QED) is 0.887. The summed E-state index contributed by atoms with van der Waals surface area (Å²) in [4.78, 5) is 2.50. The molecule has 4 heteroatoms. The minimum atomic E-state index is -0.520. The molecule has 1 aliphatic heterocycles. The lowest BCUT2D eigenvalue weighted by Crippen LogP contribution is -2.33. The highest BCUT2D eigenvalue weighted by molar-refractivity contribution is 5.21. The molecule has 0 amide bonds. The molecule has 0 saturated carbocycles. The number of rotatable bonds is 5. The molecule has 1 N–H and O–H groups in total. The van der Waals surface area contributed by atoms with Crippen LogP contribution in [0.15, 0.2) is 18.2 Å². The Balaban J connectivity index is 1.91. The van der Waals surface area contributed by atoms with Crippen molar-refractivity contribution >= 4 is 0 Å². The van der Waals surface area contributed by atoms with Gasteiger partial charge in [0.25, 0.3) is 0 Å². The summed E-state index contributed by atoms with van der Waals surface area (Å²) in [6.07, 6.45) is 4.58. The SMILES string of the molecule is CCCN1CCCC(NC(C)c2ccc(F)cc2F)CC1. The summed E-state index contributed by atoms with van der Waals surface area (Å²) in [7, 11) is 0. The molecule has 1 saturated heterocycles. The molecule has 0 aromatic heterocycles. The van der Waals surface area contributed by atoms with Crippen LogP contribution in [0.5, 0.6) is 0 Å². The van der Waals surface area contributed by atoms with E-state index in [2.05, 4.69) is 17.1 Å². The van der Waals surface area contributed by atoms with E-state index in [0.29, 0.717) is 11.6 Å². The van der Waals surface area contributed by atoms with Gasteiger partial charge in [0.1, 0.15) is 11.6 Å². The second-order valence-corrected chi connectivity index (χ2v) is 6.02. The zero-order valence-corrected chi connectivity index (χ0v) is 13.0. The minimum Gasteiger partial charge on any atom is -0.307 e. The number of nitrogens with zero attached hydrogens (tertiary/aromatic N) is 1. The van der Waals surface area contributed by atoms with E-state index in [1.54, 1.807) is 6.07 Å². The Morgan fingerprint density at radius 1 is 1.29 bits per heavy atom. The fraction of sp³-hybridized carbons (Fsp3) is 0.647. The molecule has 0 aliphatic carbocycles. The molecule has 118 valence electrons. The summed E-state index contributed by atoms with van der Waals surface area (Å²) in [5, 5.41) is 3.51. The first-order chi connectivity index (χ1) is 10.1. The number of hydrogen-bond donors (Lipinski definition) is 1. The van der Waals surface area contributed by atoms with Crippen molar-refractivity contribution in [3.63, 3.8) is 0 Å². The second-order valence-electron chi connectivity index (χ2n) is 6.02. The highest BCUT2D eigenvalue weighted by Crippen LogP contribution is 2.20. The Labute approximate surface area is 126 Å². The molecule has 2 nitrogen and oxygen atoms in total. The van der Waals surface area contributed by atoms with Crippen LogP contribution in [0.4, 0.5) is 8.78 Å². The molecule has 21 heavy (non-hydrogen) atoms. The molecule has 1 aromatic rings. The van der Waals surface area contributed by atoms with E-state index < -0.39 is 11.6 Å². The monoisotopic (exact) mass is 296 g/mol. The first-order valence-corrected chi connectivity index (χ1v) is 8.03. The average molecular weight is 296 g/mol. The first-order valence-electron chi connectivity index (χ1n) is 8.03. The lowest BCUT2D eigenvalue weighted by Gasteiger charge is -2.23. The van der Waals surface area contributed by atoms with E-state index in [4.69, 9.17) is 0 Å². The van der Waals surface area contributed by atoms with Gasteiger partial charge >= 0.3 is 0 Å². The molecule has 0 bridgehead atoms. The minimum absolute atomic E-state index is 0.0895. The Morgan fingerprint density at radius 3 is 2.81 bits per heavy atom. The standard InChI is InChI=1S/C17H26F2N2/c1-3-9-21-10-4-5-15(8-11-21)20-13(2)16-7-6-14(18)12-17(16)19/h6-7,12-13,15,20H,3-5,8-11H2,1-2H3. The van der Waals surface area contributed by atoms with Crippen LogP contribution < -0.4 is 5.32 Å². The molecule has 0 spiro atoms. The Kier molecular flexibility index (Phi) is 6.12. The number of halogens is 2. The van der Waals surface area contributed by atoms with Gasteiger partial charge in [-0.25, -0.2) is 8.78 Å². The van der Waals surface area contributed by atoms with Crippen molar-refractivity contribution in [2.45, 2.75) is 51.6 Å². The Hall–Kier alpha value is -1.00. The van der Waals surface area contributed by atoms with Crippen molar-refractivity contribution in [3.8, 4) is 0 Å². The summed E-state index contributed by atoms with van der Waals surface area (Å²) in [6, 6.07) is 4.15. The van der Waals surface area contributed by atoms with Gasteiger partial charge in [-0.15, -0.1) is 0 Å². The van der Waals surface area contributed by atoms with Crippen LogP contribution in [0.25, 0.3) is 0 Å². The van der Waals surface area contributed by atoms with Gasteiger partial charge in [0, 0.05) is 23.7 Å². The fourth-order valence-corrected chi connectivity index (χ4v) is 3.16. The average Bonchev–Trinajstić information content (AvgIpc) is 2.65. The number of likely N-dealkylation sites (tertiary alicyclic amines) is 1. The third-order valence-electron chi connectivity index (χ3n) is 4.28. The third-order valence-corrected chi connectivity index (χ3v) is 4.28. The predicted octanol–water partition coefficient (Wildman–Crippen LogP) is 3.88. The van der Waals surface area contributed by atoms with Gasteiger partial charge in [0.2, 0.25) is 0 Å². The predicted molar refractivity (Wildman–Crippen MR) is 82.3 cm³/mol. The van der Waals surface area contributed by atoms with Crippen LogP contribution in [0.3, 0.4) is 0 Å². The zero-order chi connectivity index (χ0) is 15.2. The molecular formula is C17H26F2N2. The maximum Gasteiger partial charge on any atom is 0.130 e. The van der Waals surface area contributed by atoms with Crippen LogP contribution >= 0.6 is 0 Å². The normalized spacial score (nSPS) is 22.0. The molecular weight excluding hydrogens is 270 g/mol.